The van der Waals surface area contributed by atoms with Gasteiger partial charge in [0.1, 0.15) is 0 Å². The molecule has 0 saturated heterocycles. The quantitative estimate of drug-likeness (QED) is 0.380. The van der Waals surface area contributed by atoms with Gasteiger partial charge in [-0.05, 0) is 12.1 Å². The first kappa shape index (κ1) is 22.8. The number of alkyl halides is 2. The van der Waals surface area contributed by atoms with Crippen LogP contribution in [0.1, 0.15) is 5.56 Å². The van der Waals surface area contributed by atoms with Gasteiger partial charge in [0.25, 0.3) is 0 Å². The highest BCUT2D eigenvalue weighted by atomic mass is 35.5. The van der Waals surface area contributed by atoms with E-state index in [1.807, 2.05) is 0 Å². The maximum atomic E-state index is 13.1. The van der Waals surface area contributed by atoms with Crippen LogP contribution in [0.4, 0.5) is 14.7 Å². The van der Waals surface area contributed by atoms with Crippen LogP contribution < -0.4 is 14.2 Å². The molecule has 0 aliphatic rings. The Morgan fingerprint density at radius 3 is 2.42 bits per heavy atom. The van der Waals surface area contributed by atoms with Gasteiger partial charge in [-0.3, -0.25) is 4.72 Å². The lowest BCUT2D eigenvalue weighted by Crippen LogP contribution is -2.12. The molecule has 13 heteroatoms. The average molecular weight is 495 g/mol. The largest absolute Gasteiger partial charge is 0.481 e. The molecule has 3 aromatic heterocycles. The van der Waals surface area contributed by atoms with E-state index in [9.17, 15) is 13.0 Å². The van der Waals surface area contributed by atoms with Gasteiger partial charge in [-0.1, -0.05) is 17.7 Å². The fourth-order valence-corrected chi connectivity index (χ4v) is 4.39. The molecule has 9 nitrogen and oxygen atoms in total. The van der Waals surface area contributed by atoms with Gasteiger partial charge in [0, 0.05) is 30.4 Å². The van der Waals surface area contributed by atoms with Gasteiger partial charge in [-0.2, -0.15) is 9.97 Å². The second-order valence-electron chi connectivity index (χ2n) is 6.58. The molecule has 0 radical (unpaired) electrons. The molecule has 4 rings (SSSR count). The van der Waals surface area contributed by atoms with Crippen molar-refractivity contribution in [1.82, 2.24) is 24.9 Å². The van der Waals surface area contributed by atoms with Gasteiger partial charge in [0.05, 0.1) is 40.8 Å². The molecule has 2 N–H and O–H groups in total. The number of aromatic amines is 1. The first-order chi connectivity index (χ1) is 15.9. The Morgan fingerprint density at radius 2 is 1.82 bits per heavy atom. The summed E-state index contributed by atoms with van der Waals surface area (Å²) >= 11 is 6.38. The second kappa shape index (κ2) is 9.63. The highest BCUT2D eigenvalue weighted by molar-refractivity contribution is 7.86. The first-order valence-electron chi connectivity index (χ1n) is 9.45. The summed E-state index contributed by atoms with van der Waals surface area (Å²) in [7, 11) is 0.735. The summed E-state index contributed by atoms with van der Waals surface area (Å²) < 4.78 is 51.9. The van der Waals surface area contributed by atoms with E-state index in [-0.39, 0.29) is 23.3 Å². The summed E-state index contributed by atoms with van der Waals surface area (Å²) in [6.45, 7) is 0. The lowest BCUT2D eigenvalue weighted by Gasteiger charge is -2.13. The predicted molar refractivity (Wildman–Crippen MR) is 119 cm³/mol. The Balaban J connectivity index is 1.71. The number of benzene rings is 1. The van der Waals surface area contributed by atoms with E-state index in [1.165, 1.54) is 14.2 Å². The normalized spacial score (nSPS) is 12.2. The van der Waals surface area contributed by atoms with E-state index in [1.54, 1.807) is 36.8 Å². The Labute approximate surface area is 194 Å². The first-order valence-corrected chi connectivity index (χ1v) is 11.0. The number of anilines is 1. The number of nitrogens with zero attached hydrogens (tertiary/aromatic N) is 4. The number of hydrogen-bond acceptors (Lipinski definition) is 7. The van der Waals surface area contributed by atoms with Crippen LogP contribution in [0.15, 0.2) is 41.7 Å². The van der Waals surface area contributed by atoms with Crippen LogP contribution in [-0.2, 0) is 17.4 Å². The summed E-state index contributed by atoms with van der Waals surface area (Å²) in [5, 5.41) is 1.04. The standard InChI is InChI=1S/C20H17ClF2N6O3S/c1-31-18-11(8-14(22)23)19(32-2)28-20(27-18)29-33(30)13-9-26-16-10(13)4-5-12(21)15(16)17-24-6-3-7-25-17/h3-7,9,14,26H,8H2,1-2H3,(H,27,28,29). The van der Waals surface area contributed by atoms with Gasteiger partial charge < -0.3 is 14.5 Å². The van der Waals surface area contributed by atoms with Crippen LogP contribution >= 0.6 is 11.6 Å². The van der Waals surface area contributed by atoms with Crippen molar-refractivity contribution in [3.05, 3.63) is 47.4 Å². The highest BCUT2D eigenvalue weighted by Gasteiger charge is 2.22. The number of methoxy groups -OCH3 is 2. The molecule has 1 atom stereocenters. The molecule has 3 heterocycles. The fraction of sp³-hybridized carbons (Fsp3) is 0.200. The topological polar surface area (TPSA) is 115 Å². The van der Waals surface area contributed by atoms with Gasteiger partial charge in [0.15, 0.2) is 16.8 Å². The van der Waals surface area contributed by atoms with Crippen LogP contribution in [0.3, 0.4) is 0 Å². The molecule has 1 aromatic carbocycles. The Morgan fingerprint density at radius 1 is 1.15 bits per heavy atom. The molecular weight excluding hydrogens is 478 g/mol. The number of nitrogens with one attached hydrogen (secondary N) is 2. The Kier molecular flexibility index (Phi) is 6.65. The number of fused-ring (bicyclic) bond motifs is 1. The van der Waals surface area contributed by atoms with Crippen LogP contribution in [0.5, 0.6) is 11.8 Å². The maximum absolute atomic E-state index is 13.1. The summed E-state index contributed by atoms with van der Waals surface area (Å²) in [5.41, 5.74) is 1.18. The van der Waals surface area contributed by atoms with E-state index in [0.717, 1.165) is 0 Å². The van der Waals surface area contributed by atoms with Gasteiger partial charge in [-0.25, -0.2) is 23.0 Å². The van der Waals surface area contributed by atoms with Crippen molar-refractivity contribution in [2.24, 2.45) is 0 Å². The molecule has 0 aliphatic heterocycles. The van der Waals surface area contributed by atoms with Gasteiger partial charge in [0.2, 0.25) is 24.1 Å². The van der Waals surface area contributed by atoms with E-state index in [2.05, 4.69) is 29.6 Å². The summed E-state index contributed by atoms with van der Waals surface area (Å²) in [5.74, 6) is 0.0920. The van der Waals surface area contributed by atoms with Gasteiger partial charge >= 0.3 is 0 Å². The molecule has 33 heavy (non-hydrogen) atoms. The van der Waals surface area contributed by atoms with Crippen molar-refractivity contribution in [3.8, 4) is 23.1 Å². The zero-order chi connectivity index (χ0) is 23.5. The van der Waals surface area contributed by atoms with Crippen molar-refractivity contribution in [2.45, 2.75) is 17.7 Å². The summed E-state index contributed by atoms with van der Waals surface area (Å²) in [6, 6.07) is 5.06. The Bertz CT molecular complexity index is 1300. The minimum atomic E-state index is -2.65. The Hall–Kier alpha value is -3.38. The van der Waals surface area contributed by atoms with Crippen molar-refractivity contribution >= 4 is 39.4 Å². The smallest absolute Gasteiger partial charge is 0.243 e. The fourth-order valence-electron chi connectivity index (χ4n) is 3.24. The van der Waals surface area contributed by atoms with Crippen LogP contribution in [0.25, 0.3) is 22.3 Å². The monoisotopic (exact) mass is 494 g/mol. The van der Waals surface area contributed by atoms with Crippen LogP contribution in [0, 0.1) is 0 Å². The van der Waals surface area contributed by atoms with Crippen molar-refractivity contribution in [2.75, 3.05) is 18.9 Å². The van der Waals surface area contributed by atoms with Crippen LogP contribution in [0.2, 0.25) is 5.02 Å². The molecule has 0 saturated carbocycles. The van der Waals surface area contributed by atoms with Crippen molar-refractivity contribution in [3.63, 3.8) is 0 Å². The van der Waals surface area contributed by atoms with E-state index < -0.39 is 23.8 Å². The minimum Gasteiger partial charge on any atom is -0.481 e. The van der Waals surface area contributed by atoms with E-state index >= 15 is 0 Å². The number of H-pyrrole nitrogens is 1. The number of ether oxygens (including phenoxy) is 2. The molecule has 172 valence electrons. The number of hydrogen-bond donors (Lipinski definition) is 2. The van der Waals surface area contributed by atoms with E-state index in [4.69, 9.17) is 21.1 Å². The lowest BCUT2D eigenvalue weighted by molar-refractivity contribution is 0.146. The average Bonchev–Trinajstić information content (AvgIpc) is 3.24. The third-order valence-corrected chi connectivity index (χ3v) is 6.04. The van der Waals surface area contributed by atoms with Crippen LogP contribution in [-0.4, -0.2) is 49.8 Å². The molecule has 0 spiro atoms. The molecule has 4 aromatic rings. The zero-order valence-corrected chi connectivity index (χ0v) is 18.9. The van der Waals surface area contributed by atoms with Gasteiger partial charge in [-0.15, -0.1) is 0 Å². The second-order valence-corrected chi connectivity index (χ2v) is 8.17. The molecule has 0 aliphatic carbocycles. The lowest BCUT2D eigenvalue weighted by atomic mass is 10.1. The predicted octanol–water partition coefficient (Wildman–Crippen LogP) is 4.03. The highest BCUT2D eigenvalue weighted by Crippen LogP contribution is 2.35. The third-order valence-electron chi connectivity index (χ3n) is 4.62. The molecular formula is C20H17ClF2N6O3S. The summed E-state index contributed by atoms with van der Waals surface area (Å²) in [4.78, 5) is 20.1. The minimum absolute atomic E-state index is 0.0144. The molecule has 0 bridgehead atoms. The zero-order valence-electron chi connectivity index (χ0n) is 17.3. The number of aromatic nitrogens is 5. The van der Waals surface area contributed by atoms with Crippen molar-refractivity contribution in [1.29, 1.82) is 0 Å². The molecule has 0 fully saturated rings. The SMILES string of the molecule is COc1nc(NS(=O)c2c[nH]c3c(-c4ncccn4)c(Cl)ccc23)nc(OC)c1CC(F)F. The molecule has 1 unspecified atom stereocenters. The van der Waals surface area contributed by atoms with Crippen molar-refractivity contribution < 1.29 is 22.5 Å². The summed E-state index contributed by atoms with van der Waals surface area (Å²) in [6.07, 6.45) is 1.44. The third kappa shape index (κ3) is 4.57. The maximum Gasteiger partial charge on any atom is 0.243 e. The number of rotatable bonds is 8. The molecule has 0 amide bonds. The number of halogens is 3. The van der Waals surface area contributed by atoms with E-state index in [0.29, 0.717) is 32.2 Å².